The summed E-state index contributed by atoms with van der Waals surface area (Å²) in [4.78, 5) is 11.9. The van der Waals surface area contributed by atoms with E-state index in [2.05, 4.69) is 10.0 Å². The molecule has 8 heteroatoms. The Morgan fingerprint density at radius 1 is 1.33 bits per heavy atom. The Morgan fingerprint density at radius 2 is 1.96 bits per heavy atom. The predicted octanol–water partition coefficient (Wildman–Crippen LogP) is 0.982. The molecule has 4 N–H and O–H groups in total. The topological polar surface area (TPSA) is 101 Å². The maximum atomic E-state index is 13.8. The molecule has 0 spiro atoms. The molecule has 0 radical (unpaired) electrons. The third-order valence-electron chi connectivity index (χ3n) is 4.10. The highest BCUT2D eigenvalue weighted by atomic mass is 32.2. The van der Waals surface area contributed by atoms with E-state index in [9.17, 15) is 17.6 Å². The summed E-state index contributed by atoms with van der Waals surface area (Å²) >= 11 is 0. The molecule has 1 aromatic carbocycles. The Hall–Kier alpha value is -1.51. The van der Waals surface area contributed by atoms with Gasteiger partial charge in [-0.1, -0.05) is 26.0 Å². The average Bonchev–Trinajstić information content (AvgIpc) is 3.35. The maximum Gasteiger partial charge on any atom is 0.244 e. The fourth-order valence-corrected chi connectivity index (χ4v) is 3.83. The van der Waals surface area contributed by atoms with E-state index >= 15 is 0 Å². The van der Waals surface area contributed by atoms with Gasteiger partial charge < -0.3 is 11.1 Å². The van der Waals surface area contributed by atoms with Crippen LogP contribution in [0, 0.1) is 17.7 Å². The Balaban J connectivity index is 2.07. The van der Waals surface area contributed by atoms with Crippen molar-refractivity contribution in [2.24, 2.45) is 17.6 Å². The zero-order valence-electron chi connectivity index (χ0n) is 13.8. The summed E-state index contributed by atoms with van der Waals surface area (Å²) in [5, 5.41) is 2.69. The smallest absolute Gasteiger partial charge is 0.244 e. The number of hydrogen-bond acceptors (Lipinski definition) is 4. The van der Waals surface area contributed by atoms with Gasteiger partial charge in [-0.2, -0.15) is 4.72 Å². The molecular weight excluding hydrogens is 333 g/mol. The fraction of sp³-hybridized carbons (Fsp3) is 0.562. The molecule has 1 fully saturated rings. The van der Waals surface area contributed by atoms with E-state index in [4.69, 9.17) is 5.73 Å². The first kappa shape index (κ1) is 18.8. The van der Waals surface area contributed by atoms with Crippen molar-refractivity contribution in [3.8, 4) is 0 Å². The van der Waals surface area contributed by atoms with E-state index in [1.165, 1.54) is 12.1 Å². The van der Waals surface area contributed by atoms with Crippen molar-refractivity contribution < 1.29 is 17.6 Å². The summed E-state index contributed by atoms with van der Waals surface area (Å²) in [6.45, 7) is 3.73. The van der Waals surface area contributed by atoms with E-state index in [1.807, 2.05) is 0 Å². The molecule has 0 saturated heterocycles. The van der Waals surface area contributed by atoms with E-state index in [0.29, 0.717) is 12.5 Å². The van der Waals surface area contributed by atoms with Crippen molar-refractivity contribution >= 4 is 15.9 Å². The van der Waals surface area contributed by atoms with Crippen molar-refractivity contribution in [2.75, 3.05) is 6.54 Å². The van der Waals surface area contributed by atoms with E-state index < -0.39 is 32.7 Å². The number of sulfonamides is 1. The number of hydrogen-bond donors (Lipinski definition) is 3. The van der Waals surface area contributed by atoms with Gasteiger partial charge in [-0.05, 0) is 36.8 Å². The van der Waals surface area contributed by atoms with Gasteiger partial charge in [-0.15, -0.1) is 0 Å². The molecule has 134 valence electrons. The molecule has 1 aliphatic carbocycles. The predicted molar refractivity (Wildman–Crippen MR) is 89.1 cm³/mol. The lowest BCUT2D eigenvalue weighted by molar-refractivity contribution is -0.123. The molecule has 0 aliphatic heterocycles. The number of nitrogens with one attached hydrogen (secondary N) is 2. The van der Waals surface area contributed by atoms with Crippen LogP contribution in [0.3, 0.4) is 0 Å². The maximum absolute atomic E-state index is 13.8. The summed E-state index contributed by atoms with van der Waals surface area (Å²) in [5.41, 5.74) is 5.94. The average molecular weight is 357 g/mol. The van der Waals surface area contributed by atoms with Crippen LogP contribution in [0.2, 0.25) is 0 Å². The Kier molecular flexibility index (Phi) is 5.95. The van der Waals surface area contributed by atoms with Crippen molar-refractivity contribution in [3.63, 3.8) is 0 Å². The van der Waals surface area contributed by atoms with Crippen LogP contribution in [0.4, 0.5) is 4.39 Å². The Bertz CT molecular complexity index is 690. The number of carbonyl (C=O) groups excluding carboxylic acids is 1. The molecule has 1 aromatic rings. The second-order valence-corrected chi connectivity index (χ2v) is 8.20. The second kappa shape index (κ2) is 7.58. The van der Waals surface area contributed by atoms with Crippen LogP contribution in [0.15, 0.2) is 29.2 Å². The van der Waals surface area contributed by atoms with Crippen molar-refractivity contribution in [3.05, 3.63) is 30.1 Å². The molecule has 2 rings (SSSR count). The second-order valence-electron chi connectivity index (χ2n) is 6.52. The van der Waals surface area contributed by atoms with Crippen LogP contribution in [-0.2, 0) is 14.8 Å². The van der Waals surface area contributed by atoms with Gasteiger partial charge in [0.25, 0.3) is 0 Å². The molecule has 24 heavy (non-hydrogen) atoms. The van der Waals surface area contributed by atoms with Gasteiger partial charge in [-0.25, -0.2) is 12.8 Å². The molecular formula is C16H24FN3O3S. The minimum absolute atomic E-state index is 0.120. The Morgan fingerprint density at radius 3 is 2.50 bits per heavy atom. The van der Waals surface area contributed by atoms with Gasteiger partial charge >= 0.3 is 0 Å². The lowest BCUT2D eigenvalue weighted by Crippen LogP contribution is -2.51. The monoisotopic (exact) mass is 357 g/mol. The number of nitrogens with two attached hydrogens (primary N) is 1. The molecule has 1 aliphatic rings. The third kappa shape index (κ3) is 4.75. The molecule has 2 atom stereocenters. The zero-order chi connectivity index (χ0) is 17.9. The molecule has 0 bridgehead atoms. The highest BCUT2D eigenvalue weighted by Gasteiger charge is 2.32. The van der Waals surface area contributed by atoms with Crippen LogP contribution in [0.25, 0.3) is 0 Å². The highest BCUT2D eigenvalue weighted by molar-refractivity contribution is 7.89. The summed E-state index contributed by atoms with van der Waals surface area (Å²) in [6, 6.07) is 3.94. The van der Waals surface area contributed by atoms with Crippen molar-refractivity contribution in [1.82, 2.24) is 10.0 Å². The molecule has 2 unspecified atom stereocenters. The molecule has 0 heterocycles. The van der Waals surface area contributed by atoms with Crippen LogP contribution < -0.4 is 15.8 Å². The van der Waals surface area contributed by atoms with Crippen LogP contribution in [-0.4, -0.2) is 33.0 Å². The fourth-order valence-electron chi connectivity index (χ4n) is 2.41. The van der Waals surface area contributed by atoms with Gasteiger partial charge in [0.05, 0.1) is 0 Å². The molecule has 0 aromatic heterocycles. The lowest BCUT2D eigenvalue weighted by atomic mass is 10.0. The summed E-state index contributed by atoms with van der Waals surface area (Å²) in [6.07, 6.45) is 2.12. The van der Waals surface area contributed by atoms with Crippen molar-refractivity contribution in [2.45, 2.75) is 43.7 Å². The molecule has 1 amide bonds. The van der Waals surface area contributed by atoms with E-state index in [-0.39, 0.29) is 12.0 Å². The van der Waals surface area contributed by atoms with Gasteiger partial charge in [0.2, 0.25) is 15.9 Å². The minimum atomic E-state index is -4.14. The van der Waals surface area contributed by atoms with Gasteiger partial charge in [0, 0.05) is 12.6 Å². The van der Waals surface area contributed by atoms with E-state index in [1.54, 1.807) is 13.8 Å². The van der Waals surface area contributed by atoms with Crippen LogP contribution in [0.1, 0.15) is 26.7 Å². The van der Waals surface area contributed by atoms with Crippen molar-refractivity contribution in [1.29, 1.82) is 0 Å². The number of amides is 1. The largest absolute Gasteiger partial charge is 0.353 e. The quantitative estimate of drug-likeness (QED) is 0.645. The number of benzene rings is 1. The van der Waals surface area contributed by atoms with Gasteiger partial charge in [-0.3, -0.25) is 4.79 Å². The standard InChI is InChI=1S/C16H24FN3O3S/c1-10(2)15(16(21)19-9-13(18)11-7-8-11)20-24(22,23)14-6-4-3-5-12(14)17/h3-6,10-11,13,15,20H,7-9,18H2,1-2H3,(H,19,21). The van der Waals surface area contributed by atoms with E-state index in [0.717, 1.165) is 25.0 Å². The molecule has 1 saturated carbocycles. The summed E-state index contributed by atoms with van der Waals surface area (Å²) < 4.78 is 40.8. The number of carbonyl (C=O) groups is 1. The van der Waals surface area contributed by atoms with Gasteiger partial charge in [0.15, 0.2) is 0 Å². The van der Waals surface area contributed by atoms with Crippen LogP contribution >= 0.6 is 0 Å². The Labute approximate surface area is 142 Å². The third-order valence-corrected chi connectivity index (χ3v) is 5.57. The molecule has 6 nitrogen and oxygen atoms in total. The first-order chi connectivity index (χ1) is 11.2. The minimum Gasteiger partial charge on any atom is -0.353 e. The van der Waals surface area contributed by atoms with Gasteiger partial charge in [0.1, 0.15) is 16.8 Å². The summed E-state index contributed by atoms with van der Waals surface area (Å²) in [7, 11) is -4.14. The number of rotatable bonds is 8. The SMILES string of the molecule is CC(C)C(NS(=O)(=O)c1ccccc1F)C(=O)NCC(N)C1CC1. The lowest BCUT2D eigenvalue weighted by Gasteiger charge is -2.22. The number of halogens is 1. The first-order valence-corrected chi connectivity index (χ1v) is 9.51. The zero-order valence-corrected chi connectivity index (χ0v) is 14.6. The first-order valence-electron chi connectivity index (χ1n) is 8.02. The summed E-state index contributed by atoms with van der Waals surface area (Å²) in [5.74, 6) is -1.19. The highest BCUT2D eigenvalue weighted by Crippen LogP contribution is 2.31. The van der Waals surface area contributed by atoms with Crippen LogP contribution in [0.5, 0.6) is 0 Å². The normalized spacial score (nSPS) is 17.5.